The highest BCUT2D eigenvalue weighted by Gasteiger charge is 2.30. The number of aromatic nitrogens is 3. The molecule has 7 nitrogen and oxygen atoms in total. The number of hydrogen-bond donors (Lipinski definition) is 1. The molecule has 0 unspecified atom stereocenters. The molecule has 1 aliphatic heterocycles. The number of nitrogens with zero attached hydrogens (tertiary/aromatic N) is 4. The molecule has 178 valence electrons. The van der Waals surface area contributed by atoms with Crippen LogP contribution in [0.4, 0.5) is 0 Å². The molecule has 3 aromatic heterocycles. The van der Waals surface area contributed by atoms with Crippen molar-refractivity contribution in [3.63, 3.8) is 0 Å². The van der Waals surface area contributed by atoms with Gasteiger partial charge in [0.25, 0.3) is 5.91 Å². The minimum atomic E-state index is -0.00678. The number of carbonyl (C=O) groups excluding carboxylic acids is 1. The molecular formula is C26H31N5O2S. The van der Waals surface area contributed by atoms with Crippen LogP contribution < -0.4 is 10.5 Å². The molecular weight excluding hydrogens is 446 g/mol. The summed E-state index contributed by atoms with van der Waals surface area (Å²) in [5.74, 6) is 2.31. The third-order valence-electron chi connectivity index (χ3n) is 7.45. The number of fused-ring (bicyclic) bond motifs is 2. The zero-order valence-electron chi connectivity index (χ0n) is 20.0. The van der Waals surface area contributed by atoms with Gasteiger partial charge in [0.05, 0.1) is 18.3 Å². The molecule has 1 amide bonds. The van der Waals surface area contributed by atoms with Crippen molar-refractivity contribution < 1.29 is 9.53 Å². The van der Waals surface area contributed by atoms with Crippen molar-refractivity contribution >= 4 is 38.5 Å². The van der Waals surface area contributed by atoms with Gasteiger partial charge >= 0.3 is 0 Å². The normalized spacial score (nSPS) is 21.0. The second kappa shape index (κ2) is 8.13. The smallest absolute Gasteiger partial charge is 0.254 e. The number of methoxy groups -OCH3 is 1. The highest BCUT2D eigenvalue weighted by Crippen LogP contribution is 2.39. The van der Waals surface area contributed by atoms with Gasteiger partial charge in [-0.1, -0.05) is 0 Å². The third-order valence-corrected chi connectivity index (χ3v) is 8.40. The lowest BCUT2D eigenvalue weighted by Crippen LogP contribution is -2.50. The quantitative estimate of drug-likeness (QED) is 0.455. The van der Waals surface area contributed by atoms with Crippen LogP contribution in [0.25, 0.3) is 32.8 Å². The number of hydrogen-bond acceptors (Lipinski definition) is 5. The van der Waals surface area contributed by atoms with E-state index in [4.69, 9.17) is 15.5 Å². The Kier molecular flexibility index (Phi) is 5.18. The number of nitrogens with two attached hydrogens (primary N) is 1. The lowest BCUT2D eigenvalue weighted by atomic mass is 9.99. The van der Waals surface area contributed by atoms with E-state index < -0.39 is 0 Å². The van der Waals surface area contributed by atoms with Crippen molar-refractivity contribution in [2.45, 2.75) is 51.2 Å². The van der Waals surface area contributed by atoms with Crippen LogP contribution in [0.1, 0.15) is 43.0 Å². The highest BCUT2D eigenvalue weighted by atomic mass is 32.1. The molecule has 2 fully saturated rings. The Hall–Kier alpha value is -2.84. The second-order valence-corrected chi connectivity index (χ2v) is 10.8. The fraction of sp³-hybridized carbons (Fsp3) is 0.462. The molecule has 2 N–H and O–H groups in total. The van der Waals surface area contributed by atoms with E-state index in [9.17, 15) is 4.79 Å². The molecule has 1 saturated carbocycles. The summed E-state index contributed by atoms with van der Waals surface area (Å²) in [7, 11) is 3.68. The summed E-state index contributed by atoms with van der Waals surface area (Å²) >= 11 is 1.78. The Morgan fingerprint density at radius 1 is 1.24 bits per heavy atom. The van der Waals surface area contributed by atoms with Gasteiger partial charge in [-0.05, 0) is 68.2 Å². The number of benzene rings is 1. The second-order valence-electron chi connectivity index (χ2n) is 9.95. The first-order chi connectivity index (χ1) is 16.4. The zero-order chi connectivity index (χ0) is 23.6. The van der Waals surface area contributed by atoms with E-state index in [1.54, 1.807) is 18.4 Å². The number of ether oxygens (including phenoxy) is 1. The summed E-state index contributed by atoms with van der Waals surface area (Å²) in [6.45, 7) is 3.70. The summed E-state index contributed by atoms with van der Waals surface area (Å²) in [6.07, 6.45) is 4.47. The Morgan fingerprint density at radius 2 is 2.06 bits per heavy atom. The van der Waals surface area contributed by atoms with Crippen molar-refractivity contribution in [3.8, 4) is 17.3 Å². The standard InChI is InChI=1S/C26H31N5O2S/c1-15-4-7-19(27)14-30(15)25(32)18-10-20-23(22(12-18)33-3)29(2)24(28-20)21-11-17-8-9-34-26(17)31(21)13-16-5-6-16/h8-12,15-16,19H,4-7,13-14,27H2,1-3H3/t15-,19+/m0/s1. The van der Waals surface area contributed by atoms with Crippen LogP contribution in [0.5, 0.6) is 5.75 Å². The maximum Gasteiger partial charge on any atom is 0.254 e. The number of aryl methyl sites for hydroxylation is 1. The van der Waals surface area contributed by atoms with E-state index in [1.165, 1.54) is 23.1 Å². The van der Waals surface area contributed by atoms with Gasteiger partial charge in [-0.25, -0.2) is 4.98 Å². The number of carbonyl (C=O) groups is 1. The van der Waals surface area contributed by atoms with E-state index in [0.717, 1.165) is 47.9 Å². The van der Waals surface area contributed by atoms with E-state index in [-0.39, 0.29) is 18.0 Å². The summed E-state index contributed by atoms with van der Waals surface area (Å²) in [6, 6.07) is 8.38. The minimum absolute atomic E-state index is 0.00678. The molecule has 1 aliphatic carbocycles. The Balaban J connectivity index is 1.46. The zero-order valence-corrected chi connectivity index (χ0v) is 20.8. The van der Waals surface area contributed by atoms with Gasteiger partial charge in [0.1, 0.15) is 16.1 Å². The summed E-state index contributed by atoms with van der Waals surface area (Å²) in [4.78, 5) is 21.7. The van der Waals surface area contributed by atoms with Crippen LogP contribution in [0.3, 0.4) is 0 Å². The van der Waals surface area contributed by atoms with Gasteiger partial charge in [-0.15, -0.1) is 11.3 Å². The first-order valence-corrected chi connectivity index (χ1v) is 13.0. The van der Waals surface area contributed by atoms with Crippen LogP contribution in [-0.4, -0.2) is 50.7 Å². The summed E-state index contributed by atoms with van der Waals surface area (Å²) < 4.78 is 10.3. The third kappa shape index (κ3) is 3.51. The molecule has 2 aliphatic rings. The van der Waals surface area contributed by atoms with Gasteiger partial charge < -0.3 is 24.5 Å². The monoisotopic (exact) mass is 477 g/mol. The van der Waals surface area contributed by atoms with Crippen molar-refractivity contribution in [2.24, 2.45) is 18.7 Å². The molecule has 4 aromatic rings. The van der Waals surface area contributed by atoms with Crippen molar-refractivity contribution in [2.75, 3.05) is 13.7 Å². The molecule has 0 spiro atoms. The van der Waals surface area contributed by atoms with Gasteiger partial charge in [-0.2, -0.15) is 0 Å². The van der Waals surface area contributed by atoms with Crippen LogP contribution in [0, 0.1) is 5.92 Å². The van der Waals surface area contributed by atoms with Gasteiger partial charge in [0.2, 0.25) is 0 Å². The topological polar surface area (TPSA) is 78.3 Å². The van der Waals surface area contributed by atoms with E-state index in [0.29, 0.717) is 17.9 Å². The maximum atomic E-state index is 13.5. The first-order valence-electron chi connectivity index (χ1n) is 12.1. The fourth-order valence-electron chi connectivity index (χ4n) is 5.30. The predicted octanol–water partition coefficient (Wildman–Crippen LogP) is 4.63. The van der Waals surface area contributed by atoms with E-state index in [2.05, 4.69) is 33.6 Å². The molecule has 8 heteroatoms. The molecule has 1 aromatic carbocycles. The lowest BCUT2D eigenvalue weighted by Gasteiger charge is -2.36. The van der Waals surface area contributed by atoms with Crippen LogP contribution >= 0.6 is 11.3 Å². The summed E-state index contributed by atoms with van der Waals surface area (Å²) in [5.41, 5.74) is 9.58. The Morgan fingerprint density at radius 3 is 2.82 bits per heavy atom. The SMILES string of the molecule is COc1cc(C(=O)N2C[C@H](N)CC[C@@H]2C)cc2nc(-c3cc4ccsc4n3CC3CC3)n(C)c12. The van der Waals surface area contributed by atoms with Gasteiger partial charge in [0.15, 0.2) is 5.82 Å². The number of likely N-dealkylation sites (tertiary alicyclic amines) is 1. The Labute approximate surface area is 203 Å². The molecule has 0 bridgehead atoms. The van der Waals surface area contributed by atoms with Gasteiger partial charge in [-0.3, -0.25) is 4.79 Å². The Bertz CT molecular complexity index is 1400. The van der Waals surface area contributed by atoms with Crippen LogP contribution in [0.2, 0.25) is 0 Å². The average Bonchev–Trinajstić information content (AvgIpc) is 3.28. The largest absolute Gasteiger partial charge is 0.494 e. The molecule has 1 saturated heterocycles. The van der Waals surface area contributed by atoms with Gasteiger partial charge in [0, 0.05) is 43.2 Å². The first kappa shape index (κ1) is 21.7. The van der Waals surface area contributed by atoms with Crippen LogP contribution in [-0.2, 0) is 13.6 Å². The number of thiophene rings is 1. The molecule has 34 heavy (non-hydrogen) atoms. The summed E-state index contributed by atoms with van der Waals surface area (Å²) in [5, 5.41) is 3.41. The van der Waals surface area contributed by atoms with E-state index in [1.807, 2.05) is 24.1 Å². The van der Waals surface area contributed by atoms with Crippen LogP contribution in [0.15, 0.2) is 29.6 Å². The number of rotatable bonds is 5. The molecule has 6 rings (SSSR count). The van der Waals surface area contributed by atoms with Crippen molar-refractivity contribution in [3.05, 3.63) is 35.2 Å². The minimum Gasteiger partial charge on any atom is -0.494 e. The highest BCUT2D eigenvalue weighted by molar-refractivity contribution is 7.16. The van der Waals surface area contributed by atoms with Crippen molar-refractivity contribution in [1.29, 1.82) is 0 Å². The average molecular weight is 478 g/mol. The molecule has 4 heterocycles. The number of piperidine rings is 1. The van der Waals surface area contributed by atoms with E-state index >= 15 is 0 Å². The lowest BCUT2D eigenvalue weighted by molar-refractivity contribution is 0.0612. The molecule has 0 radical (unpaired) electrons. The predicted molar refractivity (Wildman–Crippen MR) is 137 cm³/mol. The molecule has 2 atom stereocenters. The fourth-order valence-corrected chi connectivity index (χ4v) is 6.21. The maximum absolute atomic E-state index is 13.5. The van der Waals surface area contributed by atoms with Crippen molar-refractivity contribution in [1.82, 2.24) is 19.0 Å². The number of imidazole rings is 1. The number of amides is 1.